The van der Waals surface area contributed by atoms with Gasteiger partial charge in [0.1, 0.15) is 25.0 Å². The third-order valence-electron chi connectivity index (χ3n) is 2.07. The molecule has 0 bridgehead atoms. The molecule has 0 amide bonds. The Morgan fingerprint density at radius 3 is 2.28 bits per heavy atom. The van der Waals surface area contributed by atoms with Gasteiger partial charge in [0.25, 0.3) is 0 Å². The number of nitriles is 1. The topological polar surface area (TPSA) is 102 Å². The van der Waals surface area contributed by atoms with E-state index in [1.165, 1.54) is 6.07 Å². The summed E-state index contributed by atoms with van der Waals surface area (Å²) in [6.07, 6.45) is 0. The molecule has 94 valence electrons. The van der Waals surface area contributed by atoms with Crippen molar-refractivity contribution in [2.24, 2.45) is 0 Å². The summed E-state index contributed by atoms with van der Waals surface area (Å²) in [6.45, 7) is -1.18. The van der Waals surface area contributed by atoms with Crippen molar-refractivity contribution in [3.8, 4) is 6.07 Å². The Morgan fingerprint density at radius 1 is 1.28 bits per heavy atom. The van der Waals surface area contributed by atoms with Crippen molar-refractivity contribution in [1.82, 2.24) is 0 Å². The molecule has 1 aromatic carbocycles. The molecular formula is C11H9FN2O4. The SMILES string of the molecule is N#Cc1cc(F)ccc1N(CC(=O)O)CC(=O)O. The maximum absolute atomic E-state index is 12.9. The number of carboxylic acid groups (broad SMARTS) is 2. The first-order chi connectivity index (χ1) is 8.43. The zero-order valence-electron chi connectivity index (χ0n) is 9.13. The molecule has 0 aliphatic carbocycles. The monoisotopic (exact) mass is 252 g/mol. The second-order valence-corrected chi connectivity index (χ2v) is 3.42. The van der Waals surface area contributed by atoms with Gasteiger partial charge in [0.05, 0.1) is 11.3 Å². The van der Waals surface area contributed by atoms with E-state index in [0.717, 1.165) is 17.0 Å². The Kier molecular flexibility index (Phi) is 4.21. The molecule has 1 rings (SSSR count). The average Bonchev–Trinajstić information content (AvgIpc) is 2.26. The summed E-state index contributed by atoms with van der Waals surface area (Å²) in [4.78, 5) is 22.3. The van der Waals surface area contributed by atoms with E-state index < -0.39 is 30.8 Å². The van der Waals surface area contributed by atoms with Gasteiger partial charge in [-0.1, -0.05) is 0 Å². The minimum absolute atomic E-state index is 0.0729. The molecule has 0 heterocycles. The lowest BCUT2D eigenvalue weighted by Crippen LogP contribution is -2.35. The number of rotatable bonds is 5. The van der Waals surface area contributed by atoms with E-state index in [4.69, 9.17) is 15.5 Å². The third kappa shape index (κ3) is 3.45. The molecular weight excluding hydrogens is 243 g/mol. The molecule has 0 saturated heterocycles. The summed E-state index contributed by atoms with van der Waals surface area (Å²) in [5.74, 6) is -3.14. The summed E-state index contributed by atoms with van der Waals surface area (Å²) < 4.78 is 12.9. The Bertz CT molecular complexity index is 508. The first kappa shape index (κ1) is 13.4. The summed E-state index contributed by atoms with van der Waals surface area (Å²) in [6, 6.07) is 4.83. The fourth-order valence-electron chi connectivity index (χ4n) is 1.43. The summed E-state index contributed by atoms with van der Waals surface area (Å²) in [5, 5.41) is 26.2. The number of nitrogens with zero attached hydrogens (tertiary/aromatic N) is 2. The van der Waals surface area contributed by atoms with Gasteiger partial charge >= 0.3 is 11.9 Å². The summed E-state index contributed by atoms with van der Waals surface area (Å²) in [7, 11) is 0. The van der Waals surface area contributed by atoms with Gasteiger partial charge in [-0.05, 0) is 18.2 Å². The Hall–Kier alpha value is -2.62. The molecule has 0 radical (unpaired) electrons. The lowest BCUT2D eigenvalue weighted by Gasteiger charge is -2.21. The Morgan fingerprint density at radius 2 is 1.83 bits per heavy atom. The van der Waals surface area contributed by atoms with Crippen molar-refractivity contribution < 1.29 is 24.2 Å². The number of halogens is 1. The van der Waals surface area contributed by atoms with Crippen LogP contribution in [0.3, 0.4) is 0 Å². The van der Waals surface area contributed by atoms with E-state index in [-0.39, 0.29) is 11.3 Å². The molecule has 0 saturated carbocycles. The quantitative estimate of drug-likeness (QED) is 0.798. The van der Waals surface area contributed by atoms with Crippen LogP contribution in [0.5, 0.6) is 0 Å². The van der Waals surface area contributed by atoms with Crippen molar-refractivity contribution in [3.63, 3.8) is 0 Å². The van der Waals surface area contributed by atoms with Crippen LogP contribution in [0, 0.1) is 17.1 Å². The van der Waals surface area contributed by atoms with Crippen LogP contribution in [0.2, 0.25) is 0 Å². The van der Waals surface area contributed by atoms with Crippen LogP contribution in [0.4, 0.5) is 10.1 Å². The van der Waals surface area contributed by atoms with Crippen LogP contribution in [-0.2, 0) is 9.59 Å². The van der Waals surface area contributed by atoms with Gasteiger partial charge in [-0.25, -0.2) is 4.39 Å². The van der Waals surface area contributed by atoms with Crippen molar-refractivity contribution in [3.05, 3.63) is 29.6 Å². The molecule has 2 N–H and O–H groups in total. The van der Waals surface area contributed by atoms with Gasteiger partial charge in [0.2, 0.25) is 0 Å². The minimum Gasteiger partial charge on any atom is -0.480 e. The van der Waals surface area contributed by atoms with Crippen LogP contribution >= 0.6 is 0 Å². The number of anilines is 1. The number of benzene rings is 1. The third-order valence-corrected chi connectivity index (χ3v) is 2.07. The molecule has 0 unspecified atom stereocenters. The Balaban J connectivity index is 3.15. The molecule has 1 aromatic rings. The van der Waals surface area contributed by atoms with E-state index in [0.29, 0.717) is 0 Å². The van der Waals surface area contributed by atoms with E-state index in [2.05, 4.69) is 0 Å². The smallest absolute Gasteiger partial charge is 0.323 e. The zero-order valence-corrected chi connectivity index (χ0v) is 9.13. The lowest BCUT2D eigenvalue weighted by atomic mass is 10.1. The van der Waals surface area contributed by atoms with Crippen LogP contribution in [-0.4, -0.2) is 35.2 Å². The highest BCUT2D eigenvalue weighted by Gasteiger charge is 2.17. The second-order valence-electron chi connectivity index (χ2n) is 3.42. The molecule has 7 heteroatoms. The zero-order chi connectivity index (χ0) is 13.7. The van der Waals surface area contributed by atoms with Gasteiger partial charge in [0, 0.05) is 0 Å². The van der Waals surface area contributed by atoms with E-state index in [9.17, 15) is 14.0 Å². The fraction of sp³-hybridized carbons (Fsp3) is 0.182. The van der Waals surface area contributed by atoms with Crippen molar-refractivity contribution in [2.75, 3.05) is 18.0 Å². The van der Waals surface area contributed by atoms with Crippen LogP contribution < -0.4 is 4.90 Å². The standard InChI is InChI=1S/C11H9FN2O4/c12-8-1-2-9(7(3-8)4-13)14(5-10(15)16)6-11(17)18/h1-3H,5-6H2,(H,15,16)(H,17,18). The van der Waals surface area contributed by atoms with Crippen LogP contribution in [0.25, 0.3) is 0 Å². The molecule has 6 nitrogen and oxygen atoms in total. The molecule has 0 aliphatic heterocycles. The van der Waals surface area contributed by atoms with Gasteiger partial charge < -0.3 is 15.1 Å². The highest BCUT2D eigenvalue weighted by atomic mass is 19.1. The summed E-state index contributed by atoms with van der Waals surface area (Å²) >= 11 is 0. The first-order valence-corrected chi connectivity index (χ1v) is 4.82. The number of carboxylic acids is 2. The van der Waals surface area contributed by atoms with Gasteiger partial charge in [-0.2, -0.15) is 5.26 Å². The fourth-order valence-corrected chi connectivity index (χ4v) is 1.43. The van der Waals surface area contributed by atoms with Crippen LogP contribution in [0.15, 0.2) is 18.2 Å². The molecule has 0 atom stereocenters. The number of carbonyl (C=O) groups is 2. The normalized spacial score (nSPS) is 9.56. The van der Waals surface area contributed by atoms with E-state index >= 15 is 0 Å². The van der Waals surface area contributed by atoms with Crippen molar-refractivity contribution >= 4 is 17.6 Å². The predicted molar refractivity (Wildman–Crippen MR) is 58.6 cm³/mol. The van der Waals surface area contributed by atoms with Gasteiger partial charge in [-0.15, -0.1) is 0 Å². The first-order valence-electron chi connectivity index (χ1n) is 4.82. The molecule has 0 aromatic heterocycles. The average molecular weight is 252 g/mol. The van der Waals surface area contributed by atoms with Crippen molar-refractivity contribution in [2.45, 2.75) is 0 Å². The number of aliphatic carboxylic acids is 2. The largest absolute Gasteiger partial charge is 0.480 e. The highest BCUT2D eigenvalue weighted by Crippen LogP contribution is 2.20. The van der Waals surface area contributed by atoms with E-state index in [1.54, 1.807) is 6.07 Å². The maximum atomic E-state index is 12.9. The van der Waals surface area contributed by atoms with Gasteiger partial charge in [-0.3, -0.25) is 9.59 Å². The Labute approximate surface area is 101 Å². The molecule has 0 spiro atoms. The molecule has 0 fully saturated rings. The predicted octanol–water partition coefficient (Wildman–Crippen LogP) is 0.673. The van der Waals surface area contributed by atoms with Gasteiger partial charge in [0.15, 0.2) is 0 Å². The minimum atomic E-state index is -1.25. The van der Waals surface area contributed by atoms with Crippen LogP contribution in [0.1, 0.15) is 5.56 Å². The van der Waals surface area contributed by atoms with E-state index in [1.807, 2.05) is 0 Å². The lowest BCUT2D eigenvalue weighted by molar-refractivity contribution is -0.136. The highest BCUT2D eigenvalue weighted by molar-refractivity contribution is 5.80. The van der Waals surface area contributed by atoms with Crippen molar-refractivity contribution in [1.29, 1.82) is 5.26 Å². The molecule has 0 aliphatic rings. The maximum Gasteiger partial charge on any atom is 0.323 e. The number of hydrogen-bond donors (Lipinski definition) is 2. The summed E-state index contributed by atoms with van der Waals surface area (Å²) in [5.41, 5.74) is -0.0406. The second kappa shape index (κ2) is 5.63. The number of hydrogen-bond acceptors (Lipinski definition) is 4. The molecule has 18 heavy (non-hydrogen) atoms.